The number of thioether (sulfide) groups is 2. The number of aromatic nitrogens is 1. The number of anilines is 1. The minimum absolute atomic E-state index is 0.0602. The van der Waals surface area contributed by atoms with Crippen LogP contribution in [0.25, 0.3) is 10.2 Å². The highest BCUT2D eigenvalue weighted by Crippen LogP contribution is 2.41. The lowest BCUT2D eigenvalue weighted by Crippen LogP contribution is -2.70. The SMILES string of the molecule is CN(C)c1ccc(N=Nc2ccc(C(=O)NCCCCCC(=O)NC3C(=O)N4C(C(=O)O)=C(COc5ccc6nc(C7=N[C@@H](C(=O)O)CS7)sc6c5)CSC34)cc2)cc1. The number of thiazole rings is 1. The Labute approximate surface area is 351 Å². The molecule has 3 aliphatic heterocycles. The molecule has 1 saturated heterocycles. The van der Waals surface area contributed by atoms with Gasteiger partial charge in [-0.15, -0.1) is 34.9 Å². The standard InChI is InChI=1S/C40H40N8O8S3/c1-47(2)26-13-11-25(12-14-26)46-45-24-9-7-22(8-10-24)34(50)41-17-5-3-4-6-31(49)44-32-37(51)48-33(40(54)55)23(20-58-38(32)48)19-56-27-15-16-28-30(18-27)59-36(42-28)35-43-29(21-57-35)39(52)53/h7-16,18,29,32,38H,3-6,17,19-21H2,1-2H3,(H,41,50)(H,44,49)(H,52,53)(H,54,55)/t29-,32?,38?/m1/s1. The van der Waals surface area contributed by atoms with Gasteiger partial charge in [0.1, 0.15) is 39.5 Å². The van der Waals surface area contributed by atoms with E-state index >= 15 is 0 Å². The van der Waals surface area contributed by atoms with Gasteiger partial charge in [-0.05, 0) is 79.6 Å². The van der Waals surface area contributed by atoms with Crippen LogP contribution in [0.3, 0.4) is 0 Å². The molecule has 1 aromatic heterocycles. The van der Waals surface area contributed by atoms with E-state index in [1.807, 2.05) is 43.3 Å². The van der Waals surface area contributed by atoms with Crippen molar-refractivity contribution in [1.82, 2.24) is 20.5 Å². The average Bonchev–Trinajstić information content (AvgIpc) is 3.90. The molecule has 2 unspecified atom stereocenters. The second-order valence-corrected chi connectivity index (χ2v) is 17.1. The monoisotopic (exact) mass is 856 g/mol. The maximum Gasteiger partial charge on any atom is 0.352 e. The van der Waals surface area contributed by atoms with Crippen LogP contribution in [0.15, 0.2) is 93.2 Å². The second-order valence-electron chi connectivity index (χ2n) is 14.0. The van der Waals surface area contributed by atoms with Crippen LogP contribution in [0.2, 0.25) is 0 Å². The summed E-state index contributed by atoms with van der Waals surface area (Å²) >= 11 is 4.08. The largest absolute Gasteiger partial charge is 0.489 e. The maximum atomic E-state index is 13.2. The smallest absolute Gasteiger partial charge is 0.352 e. The quantitative estimate of drug-likeness (QED) is 0.0561. The number of rotatable bonds is 17. The third-order valence-corrected chi connectivity index (χ3v) is 13.1. The van der Waals surface area contributed by atoms with Gasteiger partial charge in [-0.3, -0.25) is 24.3 Å². The number of nitrogens with one attached hydrogen (secondary N) is 2. The van der Waals surface area contributed by atoms with Gasteiger partial charge in [0.2, 0.25) is 5.91 Å². The highest BCUT2D eigenvalue weighted by Gasteiger charge is 2.54. The molecule has 19 heteroatoms. The lowest BCUT2D eigenvalue weighted by atomic mass is 10.0. The first-order valence-corrected chi connectivity index (χ1v) is 21.5. The fourth-order valence-electron chi connectivity index (χ4n) is 6.42. The molecule has 3 aromatic carbocycles. The molecule has 59 heavy (non-hydrogen) atoms. The maximum absolute atomic E-state index is 13.2. The first-order valence-electron chi connectivity index (χ1n) is 18.7. The first kappa shape index (κ1) is 41.4. The molecule has 16 nitrogen and oxygen atoms in total. The van der Waals surface area contributed by atoms with E-state index in [1.54, 1.807) is 42.5 Å². The van der Waals surface area contributed by atoms with Gasteiger partial charge >= 0.3 is 11.9 Å². The van der Waals surface area contributed by atoms with E-state index in [0.717, 1.165) is 16.1 Å². The van der Waals surface area contributed by atoms with E-state index in [2.05, 4.69) is 30.8 Å². The average molecular weight is 857 g/mol. The molecule has 3 aliphatic rings. The number of fused-ring (bicyclic) bond motifs is 2. The molecular weight excluding hydrogens is 817 g/mol. The fourth-order valence-corrected chi connectivity index (χ4v) is 9.84. The van der Waals surface area contributed by atoms with Crippen molar-refractivity contribution in [1.29, 1.82) is 0 Å². The lowest BCUT2D eigenvalue weighted by Gasteiger charge is -2.49. The van der Waals surface area contributed by atoms with E-state index in [9.17, 15) is 34.2 Å². The molecule has 4 aromatic rings. The number of amides is 3. The number of ether oxygens (including phenoxy) is 1. The fraction of sp³-hybridized carbons (Fsp3) is 0.325. The Hall–Kier alpha value is -5.79. The number of carbonyl (C=O) groups excluding carboxylic acids is 3. The molecule has 3 atom stereocenters. The van der Waals surface area contributed by atoms with E-state index in [1.165, 1.54) is 39.8 Å². The molecular formula is C40H40N8O8S3. The van der Waals surface area contributed by atoms with Crippen molar-refractivity contribution in [3.8, 4) is 5.75 Å². The highest BCUT2D eigenvalue weighted by molar-refractivity contribution is 8.15. The predicted molar refractivity (Wildman–Crippen MR) is 227 cm³/mol. The first-order chi connectivity index (χ1) is 28.4. The Morgan fingerprint density at radius 3 is 2.37 bits per heavy atom. The minimum atomic E-state index is -1.25. The summed E-state index contributed by atoms with van der Waals surface area (Å²) in [5.41, 5.74) is 3.91. The van der Waals surface area contributed by atoms with Crippen LogP contribution in [0, 0.1) is 0 Å². The normalized spacial score (nSPS) is 18.7. The van der Waals surface area contributed by atoms with Crippen LogP contribution >= 0.6 is 34.9 Å². The van der Waals surface area contributed by atoms with Crippen molar-refractivity contribution >= 4 is 96.8 Å². The summed E-state index contributed by atoms with van der Waals surface area (Å²) in [7, 11) is 3.93. The van der Waals surface area contributed by atoms with Crippen molar-refractivity contribution in [2.45, 2.75) is 43.1 Å². The van der Waals surface area contributed by atoms with Gasteiger partial charge in [-0.2, -0.15) is 10.2 Å². The molecule has 7 rings (SSSR count). The Bertz CT molecular complexity index is 2360. The third-order valence-electron chi connectivity index (χ3n) is 9.60. The van der Waals surface area contributed by atoms with E-state index < -0.39 is 35.3 Å². The van der Waals surface area contributed by atoms with Crippen molar-refractivity contribution < 1.29 is 38.9 Å². The van der Waals surface area contributed by atoms with Gasteiger partial charge in [0.05, 0.1) is 21.6 Å². The summed E-state index contributed by atoms with van der Waals surface area (Å²) in [6.45, 7) is 0.373. The minimum Gasteiger partial charge on any atom is -0.489 e. The second kappa shape index (κ2) is 18.4. The van der Waals surface area contributed by atoms with Gasteiger partial charge in [-0.25, -0.2) is 14.6 Å². The topological polar surface area (TPSA) is 216 Å². The molecule has 0 saturated carbocycles. The van der Waals surface area contributed by atoms with Crippen LogP contribution in [0.5, 0.6) is 5.75 Å². The Morgan fingerprint density at radius 2 is 1.69 bits per heavy atom. The molecule has 0 aliphatic carbocycles. The number of carbonyl (C=O) groups is 5. The van der Waals surface area contributed by atoms with Crippen LogP contribution in [-0.4, -0.2) is 111 Å². The number of hydrogen-bond acceptors (Lipinski definition) is 14. The molecule has 3 amide bonds. The number of hydrogen-bond donors (Lipinski definition) is 4. The van der Waals surface area contributed by atoms with Crippen LogP contribution in [0.1, 0.15) is 41.0 Å². The summed E-state index contributed by atoms with van der Waals surface area (Å²) < 4.78 is 6.78. The van der Waals surface area contributed by atoms with Crippen LogP contribution < -0.4 is 20.3 Å². The molecule has 4 heterocycles. The molecule has 0 spiro atoms. The number of carboxylic acid groups (broad SMARTS) is 2. The van der Waals surface area contributed by atoms with Gasteiger partial charge in [0.25, 0.3) is 11.8 Å². The van der Waals surface area contributed by atoms with Crippen LogP contribution in [-0.2, 0) is 19.2 Å². The van der Waals surface area contributed by atoms with Gasteiger partial charge in [0.15, 0.2) is 6.04 Å². The van der Waals surface area contributed by atoms with Crippen molar-refractivity contribution in [3.63, 3.8) is 0 Å². The van der Waals surface area contributed by atoms with Gasteiger partial charge < -0.3 is 30.5 Å². The number of azo groups is 1. The number of β-lactam (4-membered cyclic amide) rings is 1. The predicted octanol–water partition coefficient (Wildman–Crippen LogP) is 5.83. The van der Waals surface area contributed by atoms with Crippen LogP contribution in [0.4, 0.5) is 17.1 Å². The number of aliphatic imine (C=N–C) groups is 1. The van der Waals surface area contributed by atoms with E-state index in [-0.39, 0.29) is 30.5 Å². The summed E-state index contributed by atoms with van der Waals surface area (Å²) in [6.07, 6.45) is 2.08. The summed E-state index contributed by atoms with van der Waals surface area (Å²) in [4.78, 5) is 74.3. The van der Waals surface area contributed by atoms with Crippen molar-refractivity contribution in [2.24, 2.45) is 15.2 Å². The Kier molecular flexibility index (Phi) is 12.9. The summed E-state index contributed by atoms with van der Waals surface area (Å²) in [5, 5.41) is 34.2. The summed E-state index contributed by atoms with van der Waals surface area (Å²) in [5.74, 6) is -2.09. The van der Waals surface area contributed by atoms with E-state index in [0.29, 0.717) is 75.5 Å². The molecule has 4 N–H and O–H groups in total. The number of nitrogens with zero attached hydrogens (tertiary/aromatic N) is 6. The zero-order valence-corrected chi connectivity index (χ0v) is 34.4. The Morgan fingerprint density at radius 1 is 0.966 bits per heavy atom. The molecule has 0 radical (unpaired) electrons. The van der Waals surface area contributed by atoms with Gasteiger partial charge in [0, 0.05) is 55.4 Å². The van der Waals surface area contributed by atoms with Crippen molar-refractivity contribution in [3.05, 3.63) is 88.6 Å². The number of benzene rings is 3. The van der Waals surface area contributed by atoms with Gasteiger partial charge in [-0.1, -0.05) is 6.42 Å². The zero-order valence-electron chi connectivity index (χ0n) is 32.0. The number of aliphatic carboxylic acids is 2. The van der Waals surface area contributed by atoms with E-state index in [4.69, 9.17) is 4.74 Å². The summed E-state index contributed by atoms with van der Waals surface area (Å²) in [6, 6.07) is 18.2. The molecule has 0 bridgehead atoms. The zero-order chi connectivity index (χ0) is 41.6. The van der Waals surface area contributed by atoms with Crippen molar-refractivity contribution in [2.75, 3.05) is 43.7 Å². The number of carboxylic acids is 2. The Balaban J connectivity index is 0.823. The molecule has 1 fully saturated rings. The number of unbranched alkanes of at least 4 members (excludes halogenated alkanes) is 2. The lowest BCUT2D eigenvalue weighted by molar-refractivity contribution is -0.150. The highest BCUT2D eigenvalue weighted by atomic mass is 32.2. The third kappa shape index (κ3) is 9.75. The molecule has 306 valence electrons.